The third-order valence-corrected chi connectivity index (χ3v) is 2.27. The average Bonchev–Trinajstić information content (AvgIpc) is 2.47. The van der Waals surface area contributed by atoms with Crippen LogP contribution >= 0.6 is 11.3 Å². The second-order valence-corrected chi connectivity index (χ2v) is 2.89. The van der Waals surface area contributed by atoms with Crippen LogP contribution in [0.3, 0.4) is 0 Å². The molecular weight excluding hydrogens is 158 g/mol. The Morgan fingerprint density at radius 2 is 2.55 bits per heavy atom. The lowest BCUT2D eigenvalue weighted by atomic mass is 10.3. The molecule has 0 aliphatic carbocycles. The van der Waals surface area contributed by atoms with Crippen molar-refractivity contribution in [3.05, 3.63) is 23.7 Å². The number of aromatic nitrogens is 1. The third-order valence-electron chi connectivity index (χ3n) is 1.46. The standard InChI is InChI=1S/C8H6NOS/c1-10-7-5-11-8-6(7)3-2-4-9-8/h2-4H,1H3. The average molecular weight is 164 g/mol. The molecule has 0 saturated heterocycles. The summed E-state index contributed by atoms with van der Waals surface area (Å²) in [5, 5.41) is 4.06. The van der Waals surface area contributed by atoms with Gasteiger partial charge in [-0.05, 0) is 12.1 Å². The van der Waals surface area contributed by atoms with Crippen LogP contribution in [0.25, 0.3) is 10.2 Å². The molecule has 1 radical (unpaired) electrons. The zero-order valence-corrected chi connectivity index (χ0v) is 6.81. The molecule has 0 bridgehead atoms. The normalized spacial score (nSPS) is 10.3. The first-order chi connectivity index (χ1) is 5.42. The molecule has 0 amide bonds. The molecule has 2 heterocycles. The highest BCUT2D eigenvalue weighted by Gasteiger charge is 2.02. The van der Waals surface area contributed by atoms with Crippen molar-refractivity contribution in [3.63, 3.8) is 0 Å². The van der Waals surface area contributed by atoms with Crippen LogP contribution in [0.5, 0.6) is 5.75 Å². The minimum atomic E-state index is 0.790. The molecule has 0 saturated carbocycles. The molecule has 0 unspecified atom stereocenters. The molecule has 0 spiro atoms. The molecule has 0 N–H and O–H groups in total. The minimum absolute atomic E-state index is 0.790. The first-order valence-electron chi connectivity index (χ1n) is 3.21. The largest absolute Gasteiger partial charge is 0.494 e. The molecular formula is C8H6NOS. The smallest absolute Gasteiger partial charge is 0.147 e. The summed E-state index contributed by atoms with van der Waals surface area (Å²) < 4.78 is 5.08. The van der Waals surface area contributed by atoms with Gasteiger partial charge in [-0.2, -0.15) is 0 Å². The van der Waals surface area contributed by atoms with Gasteiger partial charge in [-0.1, -0.05) is 0 Å². The van der Waals surface area contributed by atoms with Gasteiger partial charge >= 0.3 is 0 Å². The molecule has 0 atom stereocenters. The van der Waals surface area contributed by atoms with Crippen LogP contribution in [0.4, 0.5) is 0 Å². The maximum absolute atomic E-state index is 5.08. The van der Waals surface area contributed by atoms with E-state index in [0.717, 1.165) is 16.0 Å². The van der Waals surface area contributed by atoms with Gasteiger partial charge in [0, 0.05) is 6.20 Å². The summed E-state index contributed by atoms with van der Waals surface area (Å²) in [5.41, 5.74) is 0. The number of rotatable bonds is 1. The van der Waals surface area contributed by atoms with Gasteiger partial charge in [-0.15, -0.1) is 11.3 Å². The SMILES string of the molecule is COc1[c]sc2ncccc12. The topological polar surface area (TPSA) is 22.1 Å². The molecule has 2 nitrogen and oxygen atoms in total. The van der Waals surface area contributed by atoms with E-state index in [2.05, 4.69) is 10.4 Å². The third kappa shape index (κ3) is 0.973. The van der Waals surface area contributed by atoms with E-state index in [0.29, 0.717) is 0 Å². The molecule has 0 aromatic carbocycles. The Morgan fingerprint density at radius 3 is 3.36 bits per heavy atom. The van der Waals surface area contributed by atoms with E-state index >= 15 is 0 Å². The molecule has 2 rings (SSSR count). The van der Waals surface area contributed by atoms with Crippen LogP contribution in [0, 0.1) is 5.38 Å². The van der Waals surface area contributed by atoms with Crippen molar-refractivity contribution in [1.29, 1.82) is 0 Å². The van der Waals surface area contributed by atoms with Gasteiger partial charge in [0.15, 0.2) is 0 Å². The molecule has 2 aromatic rings. The predicted octanol–water partition coefficient (Wildman–Crippen LogP) is 2.11. The van der Waals surface area contributed by atoms with E-state index in [4.69, 9.17) is 4.74 Å². The predicted molar refractivity (Wildman–Crippen MR) is 45.0 cm³/mol. The lowest BCUT2D eigenvalue weighted by Gasteiger charge is -1.93. The van der Waals surface area contributed by atoms with Gasteiger partial charge in [0.05, 0.1) is 17.9 Å². The number of thiophene rings is 1. The number of pyridine rings is 1. The Labute approximate surface area is 68.5 Å². The van der Waals surface area contributed by atoms with Crippen molar-refractivity contribution in [1.82, 2.24) is 4.98 Å². The molecule has 0 aliphatic rings. The number of fused-ring (bicyclic) bond motifs is 1. The highest BCUT2D eigenvalue weighted by molar-refractivity contribution is 7.16. The summed E-state index contributed by atoms with van der Waals surface area (Å²) in [5.74, 6) is 0.790. The van der Waals surface area contributed by atoms with Gasteiger partial charge in [-0.3, -0.25) is 0 Å². The van der Waals surface area contributed by atoms with Crippen LogP contribution in [0.1, 0.15) is 0 Å². The summed E-state index contributed by atoms with van der Waals surface area (Å²) >= 11 is 1.48. The fraction of sp³-hybridized carbons (Fsp3) is 0.125. The summed E-state index contributed by atoms with van der Waals surface area (Å²) in [7, 11) is 1.64. The van der Waals surface area contributed by atoms with Crippen LogP contribution < -0.4 is 4.74 Å². The minimum Gasteiger partial charge on any atom is -0.494 e. The maximum atomic E-state index is 5.08. The zero-order valence-electron chi connectivity index (χ0n) is 6.00. The monoisotopic (exact) mass is 164 g/mol. The number of nitrogens with zero attached hydrogens (tertiary/aromatic N) is 1. The van der Waals surface area contributed by atoms with Crippen molar-refractivity contribution in [2.45, 2.75) is 0 Å². The molecule has 2 aromatic heterocycles. The highest BCUT2D eigenvalue weighted by atomic mass is 32.1. The summed E-state index contributed by atoms with van der Waals surface area (Å²) in [6.45, 7) is 0. The number of hydrogen-bond acceptors (Lipinski definition) is 3. The Balaban J connectivity index is 2.76. The second kappa shape index (κ2) is 2.51. The zero-order chi connectivity index (χ0) is 7.68. The first-order valence-corrected chi connectivity index (χ1v) is 4.02. The fourth-order valence-corrected chi connectivity index (χ4v) is 1.71. The van der Waals surface area contributed by atoms with E-state index < -0.39 is 0 Å². The number of methoxy groups -OCH3 is 1. The van der Waals surface area contributed by atoms with Crippen LogP contribution in [-0.2, 0) is 0 Å². The van der Waals surface area contributed by atoms with Gasteiger partial charge in [0.1, 0.15) is 10.6 Å². The number of ether oxygens (including phenoxy) is 1. The quantitative estimate of drug-likeness (QED) is 0.644. The second-order valence-electron chi connectivity index (χ2n) is 2.09. The van der Waals surface area contributed by atoms with Crippen LogP contribution in [-0.4, -0.2) is 12.1 Å². The van der Waals surface area contributed by atoms with Gasteiger partial charge in [-0.25, -0.2) is 4.98 Å². The Kier molecular flexibility index (Phi) is 1.51. The van der Waals surface area contributed by atoms with Crippen LogP contribution in [0.2, 0.25) is 0 Å². The van der Waals surface area contributed by atoms with Crippen molar-refractivity contribution in [2.75, 3.05) is 7.11 Å². The molecule has 3 heteroatoms. The highest BCUT2D eigenvalue weighted by Crippen LogP contribution is 2.28. The van der Waals surface area contributed by atoms with E-state index in [-0.39, 0.29) is 0 Å². The molecule has 0 aliphatic heterocycles. The van der Waals surface area contributed by atoms with Crippen molar-refractivity contribution < 1.29 is 4.74 Å². The van der Waals surface area contributed by atoms with Gasteiger partial charge in [0.2, 0.25) is 0 Å². The van der Waals surface area contributed by atoms with Gasteiger partial charge < -0.3 is 4.74 Å². The Bertz CT molecular complexity index is 369. The summed E-state index contributed by atoms with van der Waals surface area (Å²) in [6.07, 6.45) is 1.77. The number of hydrogen-bond donors (Lipinski definition) is 0. The molecule has 0 fully saturated rings. The van der Waals surface area contributed by atoms with E-state index in [1.807, 2.05) is 12.1 Å². The Hall–Kier alpha value is -1.09. The summed E-state index contributed by atoms with van der Waals surface area (Å²) in [6, 6.07) is 3.87. The van der Waals surface area contributed by atoms with Crippen LogP contribution in [0.15, 0.2) is 18.3 Å². The van der Waals surface area contributed by atoms with Crippen molar-refractivity contribution in [2.24, 2.45) is 0 Å². The van der Waals surface area contributed by atoms with Crippen molar-refractivity contribution >= 4 is 21.6 Å². The maximum Gasteiger partial charge on any atom is 0.147 e. The van der Waals surface area contributed by atoms with E-state index in [9.17, 15) is 0 Å². The fourth-order valence-electron chi connectivity index (χ4n) is 0.946. The van der Waals surface area contributed by atoms with E-state index in [1.165, 1.54) is 11.3 Å². The van der Waals surface area contributed by atoms with E-state index in [1.54, 1.807) is 13.3 Å². The lowest BCUT2D eigenvalue weighted by molar-refractivity contribution is 0.420. The lowest BCUT2D eigenvalue weighted by Crippen LogP contribution is -1.79. The van der Waals surface area contributed by atoms with Gasteiger partial charge in [0.25, 0.3) is 0 Å². The van der Waals surface area contributed by atoms with Crippen molar-refractivity contribution in [3.8, 4) is 5.75 Å². The summed E-state index contributed by atoms with van der Waals surface area (Å²) in [4.78, 5) is 5.13. The Morgan fingerprint density at radius 1 is 1.64 bits per heavy atom. The molecule has 55 valence electrons. The molecule has 11 heavy (non-hydrogen) atoms. The first kappa shape index (κ1) is 6.61.